The summed E-state index contributed by atoms with van der Waals surface area (Å²) in [6.07, 6.45) is -2.08. The summed E-state index contributed by atoms with van der Waals surface area (Å²) >= 11 is 12.3. The first-order valence-corrected chi connectivity index (χ1v) is 8.10. The molecule has 1 heterocycles. The maximum atomic E-state index is 12.8. The van der Waals surface area contributed by atoms with Gasteiger partial charge >= 0.3 is 0 Å². The Labute approximate surface area is 148 Å². The molecule has 0 fully saturated rings. The second kappa shape index (κ2) is 7.94. The van der Waals surface area contributed by atoms with E-state index in [1.165, 1.54) is 0 Å². The van der Waals surface area contributed by atoms with Crippen molar-refractivity contribution in [1.82, 2.24) is 10.1 Å². The highest BCUT2D eigenvalue weighted by molar-refractivity contribution is 6.39. The molecule has 1 aromatic heterocycles. The maximum absolute atomic E-state index is 12.8. The molecule has 1 amide bonds. The lowest BCUT2D eigenvalue weighted by Crippen LogP contribution is -2.36. The zero-order chi connectivity index (χ0) is 17.9. The Balaban J connectivity index is 2.51. The SMILES string of the molecule is CCCN(CC(F)F)C(=O)c1c(-c2c(Cl)cccc2Cl)noc1C. The third-order valence-electron chi connectivity index (χ3n) is 3.42. The Morgan fingerprint density at radius 1 is 1.33 bits per heavy atom. The van der Waals surface area contributed by atoms with E-state index in [2.05, 4.69) is 5.16 Å². The van der Waals surface area contributed by atoms with Crippen LogP contribution in [-0.2, 0) is 0 Å². The number of carbonyl (C=O) groups excluding carboxylic acids is 1. The van der Waals surface area contributed by atoms with E-state index in [4.69, 9.17) is 27.7 Å². The van der Waals surface area contributed by atoms with E-state index < -0.39 is 18.9 Å². The molecular weight excluding hydrogens is 361 g/mol. The number of aryl methyl sites for hydroxylation is 1. The van der Waals surface area contributed by atoms with E-state index in [-0.39, 0.29) is 23.6 Å². The Hall–Kier alpha value is -1.66. The van der Waals surface area contributed by atoms with Crippen molar-refractivity contribution in [1.29, 1.82) is 0 Å². The van der Waals surface area contributed by atoms with Gasteiger partial charge < -0.3 is 9.42 Å². The van der Waals surface area contributed by atoms with Gasteiger partial charge in [-0.05, 0) is 25.5 Å². The molecule has 0 unspecified atom stereocenters. The molecule has 2 aromatic rings. The number of halogens is 4. The minimum absolute atomic E-state index is 0.0964. The van der Waals surface area contributed by atoms with E-state index >= 15 is 0 Å². The van der Waals surface area contributed by atoms with Crippen molar-refractivity contribution >= 4 is 29.1 Å². The third-order valence-corrected chi connectivity index (χ3v) is 4.05. The molecule has 130 valence electrons. The average molecular weight is 377 g/mol. The molecule has 24 heavy (non-hydrogen) atoms. The Bertz CT molecular complexity index is 715. The minimum atomic E-state index is -2.63. The van der Waals surface area contributed by atoms with Crippen molar-refractivity contribution in [2.45, 2.75) is 26.7 Å². The molecule has 4 nitrogen and oxygen atoms in total. The molecule has 0 saturated heterocycles. The second-order valence-electron chi connectivity index (χ2n) is 5.20. The lowest BCUT2D eigenvalue weighted by Gasteiger charge is -2.21. The normalized spacial score (nSPS) is 11.1. The zero-order valence-corrected chi connectivity index (χ0v) is 14.7. The van der Waals surface area contributed by atoms with Crippen LogP contribution in [0, 0.1) is 6.92 Å². The van der Waals surface area contributed by atoms with E-state index in [1.54, 1.807) is 32.0 Å². The van der Waals surface area contributed by atoms with Crippen molar-refractivity contribution in [3.63, 3.8) is 0 Å². The molecule has 0 aliphatic heterocycles. The molecule has 1 aromatic carbocycles. The van der Waals surface area contributed by atoms with Crippen molar-refractivity contribution in [3.8, 4) is 11.3 Å². The van der Waals surface area contributed by atoms with Gasteiger partial charge in [-0.15, -0.1) is 0 Å². The Kier molecular flexibility index (Phi) is 6.18. The van der Waals surface area contributed by atoms with Gasteiger partial charge in [0.25, 0.3) is 12.3 Å². The highest BCUT2D eigenvalue weighted by Crippen LogP contribution is 2.37. The van der Waals surface area contributed by atoms with E-state index in [0.29, 0.717) is 22.0 Å². The smallest absolute Gasteiger partial charge is 0.259 e. The highest BCUT2D eigenvalue weighted by Gasteiger charge is 2.29. The third kappa shape index (κ3) is 3.87. The van der Waals surface area contributed by atoms with Crippen LogP contribution in [0.1, 0.15) is 29.5 Å². The number of carbonyl (C=O) groups is 1. The van der Waals surface area contributed by atoms with Gasteiger partial charge in [-0.3, -0.25) is 4.79 Å². The van der Waals surface area contributed by atoms with Crippen LogP contribution in [0.3, 0.4) is 0 Å². The quantitative estimate of drug-likeness (QED) is 0.706. The predicted octanol–water partition coefficient (Wildman–Crippen LogP) is 5.07. The zero-order valence-electron chi connectivity index (χ0n) is 13.2. The fraction of sp³-hybridized carbons (Fsp3) is 0.375. The summed E-state index contributed by atoms with van der Waals surface area (Å²) in [7, 11) is 0. The molecule has 0 aliphatic carbocycles. The first-order valence-electron chi connectivity index (χ1n) is 7.34. The van der Waals surface area contributed by atoms with Crippen LogP contribution < -0.4 is 0 Å². The fourth-order valence-corrected chi connectivity index (χ4v) is 2.97. The van der Waals surface area contributed by atoms with Crippen molar-refractivity contribution in [2.75, 3.05) is 13.1 Å². The molecule has 0 aliphatic rings. The van der Waals surface area contributed by atoms with Gasteiger partial charge in [0.15, 0.2) is 0 Å². The number of hydrogen-bond acceptors (Lipinski definition) is 3. The first-order chi connectivity index (χ1) is 11.4. The standard InChI is InChI=1S/C16H16Cl2F2N2O2/c1-3-7-22(8-12(19)20)16(23)13-9(2)24-21-15(13)14-10(17)5-4-6-11(14)18/h4-6,12H,3,7-8H2,1-2H3. The van der Waals surface area contributed by atoms with Gasteiger partial charge in [0.2, 0.25) is 0 Å². The summed E-state index contributed by atoms with van der Waals surface area (Å²) in [6, 6.07) is 4.86. The summed E-state index contributed by atoms with van der Waals surface area (Å²) < 4.78 is 30.7. The van der Waals surface area contributed by atoms with Crippen LogP contribution in [0.2, 0.25) is 10.0 Å². The Morgan fingerprint density at radius 2 is 1.96 bits per heavy atom. The van der Waals surface area contributed by atoms with Crippen LogP contribution in [0.15, 0.2) is 22.7 Å². The highest BCUT2D eigenvalue weighted by atomic mass is 35.5. The van der Waals surface area contributed by atoms with Crippen molar-refractivity contribution in [3.05, 3.63) is 39.6 Å². The van der Waals surface area contributed by atoms with Gasteiger partial charge in [0, 0.05) is 12.1 Å². The molecule has 0 spiro atoms. The van der Waals surface area contributed by atoms with Gasteiger partial charge in [0.05, 0.1) is 16.6 Å². The summed E-state index contributed by atoms with van der Waals surface area (Å²) in [5.41, 5.74) is 0.595. The monoisotopic (exact) mass is 376 g/mol. The molecule has 2 rings (SSSR count). The molecule has 0 atom stereocenters. The predicted molar refractivity (Wildman–Crippen MR) is 88.9 cm³/mol. The van der Waals surface area contributed by atoms with Crippen LogP contribution in [0.4, 0.5) is 8.78 Å². The van der Waals surface area contributed by atoms with Crippen molar-refractivity contribution in [2.24, 2.45) is 0 Å². The number of benzene rings is 1. The van der Waals surface area contributed by atoms with Crippen LogP contribution in [-0.4, -0.2) is 35.5 Å². The van der Waals surface area contributed by atoms with Crippen molar-refractivity contribution < 1.29 is 18.1 Å². The summed E-state index contributed by atoms with van der Waals surface area (Å²) in [4.78, 5) is 13.9. The maximum Gasteiger partial charge on any atom is 0.259 e. The largest absolute Gasteiger partial charge is 0.360 e. The van der Waals surface area contributed by atoms with E-state index in [0.717, 1.165) is 4.90 Å². The lowest BCUT2D eigenvalue weighted by molar-refractivity contribution is 0.0554. The number of aromatic nitrogens is 1. The van der Waals surface area contributed by atoms with Gasteiger partial charge in [-0.25, -0.2) is 8.78 Å². The minimum Gasteiger partial charge on any atom is -0.360 e. The average Bonchev–Trinajstić information content (AvgIpc) is 2.87. The molecule has 0 N–H and O–H groups in total. The summed E-state index contributed by atoms with van der Waals surface area (Å²) in [5, 5.41) is 4.46. The van der Waals surface area contributed by atoms with Crippen LogP contribution >= 0.6 is 23.2 Å². The van der Waals surface area contributed by atoms with Gasteiger partial charge in [-0.2, -0.15) is 0 Å². The molecule has 0 saturated carbocycles. The number of amides is 1. The summed E-state index contributed by atoms with van der Waals surface area (Å²) in [5.74, 6) is -0.358. The topological polar surface area (TPSA) is 46.3 Å². The van der Waals surface area contributed by atoms with E-state index in [9.17, 15) is 13.6 Å². The van der Waals surface area contributed by atoms with Crippen LogP contribution in [0.5, 0.6) is 0 Å². The summed E-state index contributed by atoms with van der Waals surface area (Å²) in [6.45, 7) is 2.88. The van der Waals surface area contributed by atoms with Gasteiger partial charge in [0.1, 0.15) is 17.0 Å². The van der Waals surface area contributed by atoms with Crippen LogP contribution in [0.25, 0.3) is 11.3 Å². The number of alkyl halides is 2. The Morgan fingerprint density at radius 3 is 2.50 bits per heavy atom. The van der Waals surface area contributed by atoms with E-state index in [1.807, 2.05) is 0 Å². The molecule has 0 bridgehead atoms. The number of nitrogens with zero attached hydrogens (tertiary/aromatic N) is 2. The molecule has 0 radical (unpaired) electrons. The second-order valence-corrected chi connectivity index (χ2v) is 6.02. The number of hydrogen-bond donors (Lipinski definition) is 0. The van der Waals surface area contributed by atoms with Gasteiger partial charge in [-0.1, -0.05) is 41.3 Å². The lowest BCUT2D eigenvalue weighted by atomic mass is 10.0. The fourth-order valence-electron chi connectivity index (χ4n) is 2.39. The first kappa shape index (κ1) is 18.7. The molecule has 8 heteroatoms. The number of rotatable bonds is 6. The molecular formula is C16H16Cl2F2N2O2.